The van der Waals surface area contributed by atoms with Crippen LogP contribution in [0.3, 0.4) is 0 Å². The Balaban J connectivity index is 1.84. The van der Waals surface area contributed by atoms with E-state index in [1.54, 1.807) is 23.5 Å². The highest BCUT2D eigenvalue weighted by atomic mass is 32.2. The molecule has 0 saturated heterocycles. The number of hydrogen-bond acceptors (Lipinski definition) is 4. The van der Waals surface area contributed by atoms with E-state index in [2.05, 4.69) is 84.0 Å². The highest BCUT2D eigenvalue weighted by Crippen LogP contribution is 2.52. The molecular weight excluding hydrogens is 430 g/mol. The third kappa shape index (κ3) is 4.37. The van der Waals surface area contributed by atoms with Crippen LogP contribution in [0.1, 0.15) is 17.5 Å². The van der Waals surface area contributed by atoms with Gasteiger partial charge in [0, 0.05) is 26.6 Å². The third-order valence-corrected chi connectivity index (χ3v) is 7.95. The lowest BCUT2D eigenvalue weighted by molar-refractivity contribution is 0.563. The van der Waals surface area contributed by atoms with Gasteiger partial charge in [0.2, 0.25) is 0 Å². The summed E-state index contributed by atoms with van der Waals surface area (Å²) in [5.41, 5.74) is 7.14. The first-order valence-electron chi connectivity index (χ1n) is 9.73. The van der Waals surface area contributed by atoms with Crippen LogP contribution < -0.4 is 4.90 Å². The molecule has 154 valence electrons. The molecule has 1 atom stereocenters. The van der Waals surface area contributed by atoms with Crippen LogP contribution in [-0.2, 0) is 11.1 Å². The first-order chi connectivity index (χ1) is 14.7. The van der Waals surface area contributed by atoms with E-state index in [1.165, 1.54) is 32.3 Å². The number of hydrogen-bond donors (Lipinski definition) is 1. The van der Waals surface area contributed by atoms with Gasteiger partial charge < -0.3 is 9.45 Å². The van der Waals surface area contributed by atoms with Crippen LogP contribution in [-0.4, -0.2) is 26.5 Å². The second-order valence-electron chi connectivity index (χ2n) is 6.80. The van der Waals surface area contributed by atoms with Gasteiger partial charge >= 0.3 is 0 Å². The Kier molecular flexibility index (Phi) is 7.00. The fourth-order valence-corrected chi connectivity index (χ4v) is 6.25. The van der Waals surface area contributed by atoms with Crippen molar-refractivity contribution < 1.29 is 8.76 Å². The number of para-hydroxylation sites is 3. The molecule has 0 fully saturated rings. The van der Waals surface area contributed by atoms with Gasteiger partial charge in [0.15, 0.2) is 11.1 Å². The molecule has 0 bridgehead atoms. The minimum Gasteiger partial charge on any atom is -0.309 e. The Bertz CT molecular complexity index is 1030. The van der Waals surface area contributed by atoms with E-state index in [1.807, 2.05) is 6.07 Å². The third-order valence-electron chi connectivity index (χ3n) is 4.93. The summed E-state index contributed by atoms with van der Waals surface area (Å²) >= 11 is 1.79. The number of fused-ring (bicyclic) bond motifs is 2. The number of thioether (sulfide) groups is 2. The van der Waals surface area contributed by atoms with E-state index in [4.69, 9.17) is 4.55 Å². The maximum Gasteiger partial charge on any atom is 0.152 e. The lowest BCUT2D eigenvalue weighted by atomic mass is 9.91. The second kappa shape index (κ2) is 9.88. The van der Waals surface area contributed by atoms with Crippen LogP contribution in [0, 0.1) is 0 Å². The summed E-state index contributed by atoms with van der Waals surface area (Å²) in [5, 5.41) is 0. The zero-order valence-corrected chi connectivity index (χ0v) is 19.1. The molecule has 1 heterocycles. The molecular formula is C24H23NO2S3. The SMILES string of the molecule is CSC(SCCCS(=O)O)=C1c2ccccc2N(c2ccccc2)c2ccccc21. The Morgan fingerprint density at radius 1 is 0.900 bits per heavy atom. The number of anilines is 3. The average Bonchev–Trinajstić information content (AvgIpc) is 2.78. The van der Waals surface area contributed by atoms with Gasteiger partial charge in [-0.15, -0.1) is 23.5 Å². The smallest absolute Gasteiger partial charge is 0.152 e. The molecule has 6 heteroatoms. The van der Waals surface area contributed by atoms with E-state index in [-0.39, 0.29) is 0 Å². The summed E-state index contributed by atoms with van der Waals surface area (Å²) in [6.45, 7) is 0. The molecule has 4 rings (SSSR count). The monoisotopic (exact) mass is 453 g/mol. The van der Waals surface area contributed by atoms with Gasteiger partial charge in [0.05, 0.1) is 17.1 Å². The van der Waals surface area contributed by atoms with Gasteiger partial charge in [-0.3, -0.25) is 0 Å². The van der Waals surface area contributed by atoms with Gasteiger partial charge in [0.1, 0.15) is 0 Å². The molecule has 0 aliphatic carbocycles. The van der Waals surface area contributed by atoms with Gasteiger partial charge in [0.25, 0.3) is 0 Å². The molecule has 0 spiro atoms. The molecule has 1 aliphatic rings. The lowest BCUT2D eigenvalue weighted by Gasteiger charge is -2.35. The van der Waals surface area contributed by atoms with Crippen molar-refractivity contribution in [3.8, 4) is 0 Å². The number of benzene rings is 3. The molecule has 3 aromatic carbocycles. The molecule has 3 nitrogen and oxygen atoms in total. The Hall–Kier alpha value is -1.99. The van der Waals surface area contributed by atoms with Crippen LogP contribution in [0.15, 0.2) is 83.1 Å². The molecule has 0 aromatic heterocycles. The van der Waals surface area contributed by atoms with Crippen molar-refractivity contribution in [2.75, 3.05) is 22.7 Å². The number of rotatable bonds is 7. The lowest BCUT2D eigenvalue weighted by Crippen LogP contribution is -2.18. The topological polar surface area (TPSA) is 40.5 Å². The Morgan fingerprint density at radius 3 is 2.03 bits per heavy atom. The van der Waals surface area contributed by atoms with Gasteiger partial charge in [-0.1, -0.05) is 54.6 Å². The summed E-state index contributed by atoms with van der Waals surface area (Å²) < 4.78 is 21.3. The Labute approximate surface area is 188 Å². The molecule has 3 aromatic rings. The average molecular weight is 454 g/mol. The molecule has 1 N–H and O–H groups in total. The van der Waals surface area contributed by atoms with Crippen molar-refractivity contribution >= 4 is 57.2 Å². The van der Waals surface area contributed by atoms with Gasteiger partial charge in [-0.25, -0.2) is 4.21 Å². The molecule has 1 aliphatic heterocycles. The minimum atomic E-state index is -1.73. The molecule has 30 heavy (non-hydrogen) atoms. The molecule has 0 amide bonds. The predicted octanol–water partition coefficient (Wildman–Crippen LogP) is 6.89. The van der Waals surface area contributed by atoms with Gasteiger partial charge in [-0.05, 0) is 42.7 Å². The summed E-state index contributed by atoms with van der Waals surface area (Å²) in [5.74, 6) is 1.14. The summed E-state index contributed by atoms with van der Waals surface area (Å²) in [4.78, 5) is 2.33. The van der Waals surface area contributed by atoms with Gasteiger partial charge in [-0.2, -0.15) is 0 Å². The van der Waals surface area contributed by atoms with Crippen molar-refractivity contribution in [1.29, 1.82) is 0 Å². The van der Waals surface area contributed by atoms with Crippen molar-refractivity contribution in [3.63, 3.8) is 0 Å². The van der Waals surface area contributed by atoms with E-state index in [9.17, 15) is 4.21 Å². The number of nitrogens with zero attached hydrogens (tertiary/aromatic N) is 1. The molecule has 0 radical (unpaired) electrons. The van der Waals surface area contributed by atoms with E-state index >= 15 is 0 Å². The van der Waals surface area contributed by atoms with E-state index in [0.29, 0.717) is 12.2 Å². The standard InChI is InChI=1S/C24H23NO2S3/c1-28-24(29-16-9-17-30(26)27)23-19-12-5-7-14-21(19)25(18-10-3-2-4-11-18)22-15-8-6-13-20(22)23/h2-8,10-15H,9,16-17H2,1H3,(H,26,27). The van der Waals surface area contributed by atoms with Crippen molar-refractivity contribution in [2.24, 2.45) is 0 Å². The molecule has 0 saturated carbocycles. The minimum absolute atomic E-state index is 0.318. The van der Waals surface area contributed by atoms with Crippen LogP contribution in [0.2, 0.25) is 0 Å². The summed E-state index contributed by atoms with van der Waals surface area (Å²) in [6.07, 6.45) is 2.82. The van der Waals surface area contributed by atoms with Crippen LogP contribution >= 0.6 is 23.5 Å². The van der Waals surface area contributed by atoms with Crippen molar-refractivity contribution in [1.82, 2.24) is 0 Å². The first kappa shape index (κ1) is 21.2. The van der Waals surface area contributed by atoms with Crippen LogP contribution in [0.5, 0.6) is 0 Å². The highest BCUT2D eigenvalue weighted by molar-refractivity contribution is 8.22. The fourth-order valence-electron chi connectivity index (χ4n) is 3.69. The predicted molar refractivity (Wildman–Crippen MR) is 133 cm³/mol. The summed E-state index contributed by atoms with van der Waals surface area (Å²) in [7, 11) is 0. The van der Waals surface area contributed by atoms with Crippen molar-refractivity contribution in [3.05, 3.63) is 94.2 Å². The van der Waals surface area contributed by atoms with E-state index in [0.717, 1.165) is 11.4 Å². The van der Waals surface area contributed by atoms with E-state index < -0.39 is 11.1 Å². The maximum absolute atomic E-state index is 11.0. The fraction of sp³-hybridized carbons (Fsp3) is 0.167. The quantitative estimate of drug-likeness (QED) is 0.244. The molecule has 1 unspecified atom stereocenters. The maximum atomic E-state index is 11.0. The van der Waals surface area contributed by atoms with Crippen molar-refractivity contribution in [2.45, 2.75) is 6.42 Å². The Morgan fingerprint density at radius 2 is 1.47 bits per heavy atom. The summed E-state index contributed by atoms with van der Waals surface area (Å²) in [6, 6.07) is 27.5. The van der Waals surface area contributed by atoms with Crippen LogP contribution in [0.4, 0.5) is 17.1 Å². The largest absolute Gasteiger partial charge is 0.309 e. The zero-order chi connectivity index (χ0) is 20.9. The second-order valence-corrected chi connectivity index (χ2v) is 10.0. The highest BCUT2D eigenvalue weighted by Gasteiger charge is 2.29. The normalized spacial score (nSPS) is 13.5. The van der Waals surface area contributed by atoms with Crippen LogP contribution in [0.25, 0.3) is 5.57 Å². The first-order valence-corrected chi connectivity index (χ1v) is 13.2. The zero-order valence-electron chi connectivity index (χ0n) is 16.7.